The Kier molecular flexibility index (Phi) is 2.66. The molecule has 0 bridgehead atoms. The van der Waals surface area contributed by atoms with Gasteiger partial charge < -0.3 is 0 Å². The smallest absolute Gasteiger partial charge is 0.0638 e. The van der Waals surface area contributed by atoms with E-state index in [1.165, 1.54) is 6.07 Å². The Bertz CT molecular complexity index is 4750. The number of hydrogen-bond acceptors (Lipinski definition) is 1. The van der Waals surface area contributed by atoms with Gasteiger partial charge in [0.05, 0.1) is 39.8 Å². The number of hydrogen-bond donors (Lipinski definition) is 0. The minimum atomic E-state index is -1.08. The summed E-state index contributed by atoms with van der Waals surface area (Å²) in [5.74, 6) is 0. The maximum atomic E-state index is 9.69. The minimum Gasteiger partial charge on any atom is -0.134 e. The molecule has 11 rings (SSSR count). The van der Waals surface area contributed by atoms with E-state index in [0.29, 0.717) is 11.3 Å². The third-order valence-electron chi connectivity index (χ3n) is 8.73. The van der Waals surface area contributed by atoms with E-state index in [1.807, 2.05) is 0 Å². The highest BCUT2D eigenvalue weighted by molar-refractivity contribution is 7.26. The van der Waals surface area contributed by atoms with Gasteiger partial charge in [-0.3, -0.25) is 0 Å². The summed E-state index contributed by atoms with van der Waals surface area (Å²) >= 11 is 0.677. The molecule has 51 heavy (non-hydrogen) atoms. The first kappa shape index (κ1) is 12.2. The predicted molar refractivity (Wildman–Crippen MR) is 223 cm³/mol. The zero-order chi connectivity index (χ0) is 58.7. The Morgan fingerprint density at radius 2 is 0.824 bits per heavy atom. The van der Waals surface area contributed by atoms with Crippen molar-refractivity contribution in [3.05, 3.63) is 181 Å². The summed E-state index contributed by atoms with van der Waals surface area (Å²) in [4.78, 5) is 0. The molecular formula is C50H30S. The van der Waals surface area contributed by atoms with E-state index >= 15 is 0 Å². The van der Waals surface area contributed by atoms with Crippen LogP contribution < -0.4 is 0 Å². The summed E-state index contributed by atoms with van der Waals surface area (Å²) in [7, 11) is 0. The third kappa shape index (κ3) is 4.26. The number of fused-ring (bicyclic) bond motifs is 10. The van der Waals surface area contributed by atoms with Crippen molar-refractivity contribution < 1.29 is 39.8 Å². The number of rotatable bonds is 3. The Hall–Kier alpha value is -6.28. The standard InChI is InChI=1S/C50H30S/c1-4-16-36-31(12-1)15-11-23-37(36)33-24-26-34(27-25-33)46-40-19-7-9-21-42(40)47(43-22-10-8-20-41(43)46)44-30-35-14-3-6-18-39(35)49-48-38-17-5-2-13-32(38)28-29-45(48)51-50(44)49/h1-30H/i1D,2D,3D,4D,5D,6D,7D,8D,9D,10D,11D,12D,13D,14D,15D,16D,17D,18D,19D,20D,21D,22D,23D,24D,25D,26D,27D,28D,29D. The molecule has 0 N–H and O–H groups in total. The second kappa shape index (κ2) is 11.1. The van der Waals surface area contributed by atoms with Crippen molar-refractivity contribution in [1.29, 1.82) is 0 Å². The van der Waals surface area contributed by atoms with Crippen LogP contribution in [0.5, 0.6) is 0 Å². The number of thiophene rings is 1. The van der Waals surface area contributed by atoms with Gasteiger partial charge in [-0.1, -0.05) is 169 Å². The van der Waals surface area contributed by atoms with Gasteiger partial charge in [-0.05, 0) is 93.8 Å². The normalized spacial score (nSPS) is 19.9. The highest BCUT2D eigenvalue weighted by Crippen LogP contribution is 2.51. The summed E-state index contributed by atoms with van der Waals surface area (Å²) < 4.78 is 263. The Morgan fingerprint density at radius 3 is 1.49 bits per heavy atom. The first-order valence-corrected chi connectivity index (χ1v) is 16.1. The maximum absolute atomic E-state index is 9.69. The quantitative estimate of drug-likeness (QED) is 0.162. The topological polar surface area (TPSA) is 0 Å². The highest BCUT2D eigenvalue weighted by Gasteiger charge is 2.22. The Labute approximate surface area is 340 Å². The van der Waals surface area contributed by atoms with E-state index in [0.717, 1.165) is 0 Å². The van der Waals surface area contributed by atoms with Gasteiger partial charge in [-0.15, -0.1) is 11.3 Å². The van der Waals surface area contributed by atoms with Gasteiger partial charge in [0.25, 0.3) is 0 Å². The second-order valence-corrected chi connectivity index (χ2v) is 12.4. The van der Waals surface area contributed by atoms with Crippen LogP contribution in [0.4, 0.5) is 0 Å². The summed E-state index contributed by atoms with van der Waals surface area (Å²) in [6.07, 6.45) is 0. The molecule has 0 aliphatic rings. The van der Waals surface area contributed by atoms with Crippen LogP contribution in [0.25, 0.3) is 107 Å². The van der Waals surface area contributed by atoms with Crippen LogP contribution in [0, 0.1) is 0 Å². The molecule has 0 amide bonds. The molecule has 0 aliphatic carbocycles. The summed E-state index contributed by atoms with van der Waals surface area (Å²) in [5, 5.41) is -5.48. The Morgan fingerprint density at radius 1 is 0.333 bits per heavy atom. The van der Waals surface area contributed by atoms with Gasteiger partial charge in [0.2, 0.25) is 0 Å². The maximum Gasteiger partial charge on any atom is 0.0638 e. The SMILES string of the molecule is [2H]c1c([2H])c(-c2c3c([2H])c([2H])c([2H])c([2H])c3c(-c3cc4c([2H])c([2H])c([2H])c([2H])c4c4c3sc3c([2H])c([2H])c5c([2H])c([2H])c([2H])c([2H])c5c34)c3c([2H])c([2H])c([2H])c([2H])c23)c([2H])c([2H])c1-c1c([2H])c([2H])c([2H])c2c([2H])c([2H])c([2H])c([2H])c12. The van der Waals surface area contributed by atoms with E-state index in [1.54, 1.807) is 0 Å². The van der Waals surface area contributed by atoms with Crippen LogP contribution in [-0.2, 0) is 0 Å². The van der Waals surface area contributed by atoms with Crippen molar-refractivity contribution in [2.75, 3.05) is 0 Å². The van der Waals surface area contributed by atoms with Gasteiger partial charge >= 0.3 is 0 Å². The predicted octanol–water partition coefficient (Wildman–Crippen LogP) is 14.8. The average molecular weight is 692 g/mol. The zero-order valence-corrected chi connectivity index (χ0v) is 26.3. The summed E-state index contributed by atoms with van der Waals surface area (Å²) in [6.45, 7) is 0. The summed E-state index contributed by atoms with van der Waals surface area (Å²) in [6, 6.07) is -23.8. The van der Waals surface area contributed by atoms with E-state index in [9.17, 15) is 15.1 Å². The molecule has 0 saturated heterocycles. The van der Waals surface area contributed by atoms with Gasteiger partial charge in [-0.2, -0.15) is 0 Å². The molecule has 0 radical (unpaired) electrons. The molecular weight excluding hydrogens is 633 g/mol. The van der Waals surface area contributed by atoms with Crippen LogP contribution >= 0.6 is 11.3 Å². The van der Waals surface area contributed by atoms with E-state index in [4.69, 9.17) is 24.7 Å². The van der Waals surface area contributed by atoms with E-state index in [-0.39, 0.29) is 41.9 Å². The lowest BCUT2D eigenvalue weighted by Crippen LogP contribution is -1.91. The minimum absolute atomic E-state index is 0.127. The number of benzene rings is 10. The molecule has 0 atom stereocenters. The molecule has 1 heteroatoms. The first-order valence-electron chi connectivity index (χ1n) is 29.7. The largest absolute Gasteiger partial charge is 0.134 e. The van der Waals surface area contributed by atoms with Crippen LogP contribution in [0.15, 0.2) is 181 Å². The van der Waals surface area contributed by atoms with Crippen LogP contribution in [0.3, 0.4) is 0 Å². The van der Waals surface area contributed by atoms with Gasteiger partial charge in [0.15, 0.2) is 0 Å². The zero-order valence-electron chi connectivity index (χ0n) is 54.5. The Balaban J connectivity index is 1.43. The van der Waals surface area contributed by atoms with E-state index < -0.39 is 241 Å². The van der Waals surface area contributed by atoms with Crippen molar-refractivity contribution in [2.24, 2.45) is 0 Å². The van der Waals surface area contributed by atoms with Crippen molar-refractivity contribution >= 4 is 85.4 Å². The molecule has 10 aromatic carbocycles. The fourth-order valence-electron chi connectivity index (χ4n) is 6.63. The molecule has 11 aromatic rings. The summed E-state index contributed by atoms with van der Waals surface area (Å²) in [5.41, 5.74) is -3.83. The van der Waals surface area contributed by atoms with Crippen LogP contribution in [-0.4, -0.2) is 0 Å². The van der Waals surface area contributed by atoms with E-state index in [2.05, 4.69) is 0 Å². The lowest BCUT2D eigenvalue weighted by Gasteiger charge is -2.19. The monoisotopic (exact) mass is 691 g/mol. The first-order chi connectivity index (χ1) is 37.4. The fraction of sp³-hybridized carbons (Fsp3) is 0. The van der Waals surface area contributed by atoms with Gasteiger partial charge in [0.1, 0.15) is 0 Å². The molecule has 0 aliphatic heterocycles. The fourth-order valence-corrected chi connectivity index (χ4v) is 7.82. The molecule has 0 nitrogen and oxygen atoms in total. The third-order valence-corrected chi connectivity index (χ3v) is 9.87. The second-order valence-electron chi connectivity index (χ2n) is 11.4. The van der Waals surface area contributed by atoms with Crippen LogP contribution in [0.1, 0.15) is 39.8 Å². The van der Waals surface area contributed by atoms with Crippen molar-refractivity contribution in [2.45, 2.75) is 0 Å². The highest BCUT2D eigenvalue weighted by atomic mass is 32.1. The molecule has 0 saturated carbocycles. The van der Waals surface area contributed by atoms with Gasteiger partial charge in [0, 0.05) is 25.7 Å². The van der Waals surface area contributed by atoms with Crippen molar-refractivity contribution in [3.63, 3.8) is 0 Å². The molecule has 1 heterocycles. The molecule has 1 aromatic heterocycles. The van der Waals surface area contributed by atoms with Crippen molar-refractivity contribution in [3.8, 4) is 33.4 Å². The van der Waals surface area contributed by atoms with Crippen LogP contribution in [0.2, 0.25) is 0 Å². The lowest BCUT2D eigenvalue weighted by atomic mass is 9.84. The van der Waals surface area contributed by atoms with Gasteiger partial charge in [-0.25, -0.2) is 0 Å². The van der Waals surface area contributed by atoms with Crippen molar-refractivity contribution in [1.82, 2.24) is 0 Å². The average Bonchev–Trinajstić information content (AvgIpc) is 3.89. The molecule has 0 unspecified atom stereocenters. The molecule has 0 fully saturated rings. The molecule has 236 valence electrons. The molecule has 0 spiro atoms. The lowest BCUT2D eigenvalue weighted by molar-refractivity contribution is 1.63.